The molecule has 21 heavy (non-hydrogen) atoms. The summed E-state index contributed by atoms with van der Waals surface area (Å²) >= 11 is 0. The minimum Gasteiger partial charge on any atom is -0.492 e. The molecule has 0 spiro atoms. The summed E-state index contributed by atoms with van der Waals surface area (Å²) in [6, 6.07) is 8.27. The van der Waals surface area contributed by atoms with Crippen LogP contribution in [-0.2, 0) is 0 Å². The maximum atomic E-state index is 7.37. The molecule has 1 heterocycles. The van der Waals surface area contributed by atoms with E-state index in [-0.39, 0.29) is 5.84 Å². The van der Waals surface area contributed by atoms with Crippen LogP contribution in [0.4, 0.5) is 0 Å². The Balaban J connectivity index is 1.46. The largest absolute Gasteiger partial charge is 0.492 e. The van der Waals surface area contributed by atoms with Gasteiger partial charge in [0.25, 0.3) is 0 Å². The molecule has 2 unspecified atom stereocenters. The highest BCUT2D eigenvalue weighted by molar-refractivity contribution is 5.94. The standard InChI is InChI=1S/C17H25N3O/c18-17(19)14-5-7-15(8-6-14)21-12-11-20-10-9-13-3-1-2-4-16(13)20/h5-8,13,16H,1-4,9-12H2,(H3,18,19). The number of ether oxygens (including phenoxy) is 1. The summed E-state index contributed by atoms with van der Waals surface area (Å²) in [6.45, 7) is 3.00. The number of amidine groups is 1. The van der Waals surface area contributed by atoms with Gasteiger partial charge in [-0.2, -0.15) is 0 Å². The molecule has 0 bridgehead atoms. The monoisotopic (exact) mass is 287 g/mol. The fourth-order valence-electron chi connectivity index (χ4n) is 3.79. The van der Waals surface area contributed by atoms with E-state index >= 15 is 0 Å². The van der Waals surface area contributed by atoms with E-state index in [1.54, 1.807) is 0 Å². The van der Waals surface area contributed by atoms with Gasteiger partial charge in [0.2, 0.25) is 0 Å². The Morgan fingerprint density at radius 3 is 2.71 bits per heavy atom. The van der Waals surface area contributed by atoms with Crippen molar-refractivity contribution in [2.45, 2.75) is 38.1 Å². The molecular weight excluding hydrogens is 262 g/mol. The first-order valence-corrected chi connectivity index (χ1v) is 8.05. The number of benzene rings is 1. The van der Waals surface area contributed by atoms with Crippen LogP contribution in [0, 0.1) is 11.3 Å². The maximum absolute atomic E-state index is 7.37. The highest BCUT2D eigenvalue weighted by Gasteiger charge is 2.35. The van der Waals surface area contributed by atoms with Crippen molar-refractivity contribution in [3.63, 3.8) is 0 Å². The number of nitrogens with zero attached hydrogens (tertiary/aromatic N) is 1. The molecule has 3 rings (SSSR count). The van der Waals surface area contributed by atoms with Gasteiger partial charge in [-0.05, 0) is 56.0 Å². The summed E-state index contributed by atoms with van der Waals surface area (Å²) < 4.78 is 5.83. The Labute approximate surface area is 126 Å². The first-order chi connectivity index (χ1) is 10.2. The predicted molar refractivity (Wildman–Crippen MR) is 84.9 cm³/mol. The molecule has 4 nitrogen and oxygen atoms in total. The summed E-state index contributed by atoms with van der Waals surface area (Å²) in [5.74, 6) is 1.90. The minimum absolute atomic E-state index is 0.0990. The highest BCUT2D eigenvalue weighted by Crippen LogP contribution is 2.35. The lowest BCUT2D eigenvalue weighted by atomic mass is 9.85. The first kappa shape index (κ1) is 14.4. The Hall–Kier alpha value is -1.55. The van der Waals surface area contributed by atoms with Crippen molar-refractivity contribution in [3.05, 3.63) is 29.8 Å². The first-order valence-electron chi connectivity index (χ1n) is 8.05. The van der Waals surface area contributed by atoms with Crippen LogP contribution in [0.2, 0.25) is 0 Å². The van der Waals surface area contributed by atoms with Gasteiger partial charge in [-0.25, -0.2) is 0 Å². The van der Waals surface area contributed by atoms with Crippen molar-refractivity contribution >= 4 is 5.84 Å². The molecule has 1 aromatic carbocycles. The average molecular weight is 287 g/mol. The van der Waals surface area contributed by atoms with E-state index in [0.717, 1.165) is 36.4 Å². The second kappa shape index (κ2) is 6.48. The van der Waals surface area contributed by atoms with Crippen molar-refractivity contribution in [1.82, 2.24) is 4.90 Å². The summed E-state index contributed by atoms with van der Waals surface area (Å²) in [7, 11) is 0. The van der Waals surface area contributed by atoms with Gasteiger partial charge in [0.1, 0.15) is 18.2 Å². The van der Waals surface area contributed by atoms with Crippen molar-refractivity contribution < 1.29 is 4.74 Å². The molecule has 1 aliphatic heterocycles. The highest BCUT2D eigenvalue weighted by atomic mass is 16.5. The molecule has 1 aromatic rings. The van der Waals surface area contributed by atoms with Gasteiger partial charge < -0.3 is 10.5 Å². The Bertz CT molecular complexity index is 485. The number of hydrogen-bond donors (Lipinski definition) is 2. The Kier molecular flexibility index (Phi) is 4.44. The maximum Gasteiger partial charge on any atom is 0.122 e. The van der Waals surface area contributed by atoms with Crippen LogP contribution >= 0.6 is 0 Å². The second-order valence-electron chi connectivity index (χ2n) is 6.22. The zero-order valence-electron chi connectivity index (χ0n) is 12.6. The van der Waals surface area contributed by atoms with E-state index in [0.29, 0.717) is 0 Å². The SMILES string of the molecule is N=C(N)c1ccc(OCCN2CCC3CCCCC32)cc1. The van der Waals surface area contributed by atoms with Gasteiger partial charge in [0, 0.05) is 18.2 Å². The number of hydrogen-bond acceptors (Lipinski definition) is 3. The summed E-state index contributed by atoms with van der Waals surface area (Å²) in [6.07, 6.45) is 6.99. The molecule has 0 aromatic heterocycles. The summed E-state index contributed by atoms with van der Waals surface area (Å²) in [4.78, 5) is 2.62. The van der Waals surface area contributed by atoms with Gasteiger partial charge in [0.15, 0.2) is 0 Å². The topological polar surface area (TPSA) is 62.3 Å². The van der Waals surface area contributed by atoms with Gasteiger partial charge >= 0.3 is 0 Å². The zero-order valence-corrected chi connectivity index (χ0v) is 12.6. The number of nitrogens with two attached hydrogens (primary N) is 1. The molecule has 114 valence electrons. The number of nitrogens with one attached hydrogen (secondary N) is 1. The third-order valence-electron chi connectivity index (χ3n) is 4.94. The molecule has 2 atom stereocenters. The molecule has 1 saturated heterocycles. The van der Waals surface area contributed by atoms with Crippen molar-refractivity contribution in [1.29, 1.82) is 5.41 Å². The summed E-state index contributed by atoms with van der Waals surface area (Å²) in [5, 5.41) is 7.37. The number of fused-ring (bicyclic) bond motifs is 1. The normalized spacial score (nSPS) is 25.5. The molecule has 2 fully saturated rings. The smallest absolute Gasteiger partial charge is 0.122 e. The van der Waals surface area contributed by atoms with Gasteiger partial charge in [-0.3, -0.25) is 10.3 Å². The van der Waals surface area contributed by atoms with Crippen molar-refractivity contribution in [2.24, 2.45) is 11.7 Å². The molecule has 4 heteroatoms. The third-order valence-corrected chi connectivity index (χ3v) is 4.94. The van der Waals surface area contributed by atoms with Gasteiger partial charge in [-0.15, -0.1) is 0 Å². The van der Waals surface area contributed by atoms with Crippen LogP contribution in [0.3, 0.4) is 0 Å². The quantitative estimate of drug-likeness (QED) is 0.646. The van der Waals surface area contributed by atoms with Crippen molar-refractivity contribution in [3.8, 4) is 5.75 Å². The van der Waals surface area contributed by atoms with E-state index in [9.17, 15) is 0 Å². The van der Waals surface area contributed by atoms with E-state index in [1.165, 1.54) is 38.6 Å². The average Bonchev–Trinajstić information content (AvgIpc) is 2.91. The van der Waals surface area contributed by atoms with E-state index in [4.69, 9.17) is 15.9 Å². The van der Waals surface area contributed by atoms with Crippen LogP contribution in [-0.4, -0.2) is 36.5 Å². The molecule has 0 radical (unpaired) electrons. The number of rotatable bonds is 5. The van der Waals surface area contributed by atoms with Crippen LogP contribution < -0.4 is 10.5 Å². The van der Waals surface area contributed by atoms with Gasteiger partial charge in [-0.1, -0.05) is 12.8 Å². The number of likely N-dealkylation sites (tertiary alicyclic amines) is 1. The minimum atomic E-state index is 0.0990. The molecular formula is C17H25N3O. The lowest BCUT2D eigenvalue weighted by Crippen LogP contribution is -2.37. The predicted octanol–water partition coefficient (Wildman–Crippen LogP) is 2.61. The zero-order chi connectivity index (χ0) is 14.7. The molecule has 3 N–H and O–H groups in total. The Morgan fingerprint density at radius 1 is 1.19 bits per heavy atom. The van der Waals surface area contributed by atoms with Crippen LogP contribution in [0.5, 0.6) is 5.75 Å². The fraction of sp³-hybridized carbons (Fsp3) is 0.588. The van der Waals surface area contributed by atoms with Crippen LogP contribution in [0.1, 0.15) is 37.7 Å². The number of nitrogen functional groups attached to an aromatic ring is 1. The third kappa shape index (κ3) is 3.38. The second-order valence-corrected chi connectivity index (χ2v) is 6.22. The molecule has 2 aliphatic rings. The van der Waals surface area contributed by atoms with E-state index in [1.807, 2.05) is 24.3 Å². The molecule has 1 saturated carbocycles. The van der Waals surface area contributed by atoms with Crippen LogP contribution in [0.15, 0.2) is 24.3 Å². The summed E-state index contributed by atoms with van der Waals surface area (Å²) in [5.41, 5.74) is 6.19. The Morgan fingerprint density at radius 2 is 1.95 bits per heavy atom. The molecule has 1 aliphatic carbocycles. The lowest BCUT2D eigenvalue weighted by molar-refractivity contribution is 0.154. The van der Waals surface area contributed by atoms with Gasteiger partial charge in [0.05, 0.1) is 0 Å². The van der Waals surface area contributed by atoms with Crippen LogP contribution in [0.25, 0.3) is 0 Å². The fourth-order valence-corrected chi connectivity index (χ4v) is 3.79. The van der Waals surface area contributed by atoms with E-state index in [2.05, 4.69) is 4.90 Å². The lowest BCUT2D eigenvalue weighted by Gasteiger charge is -2.31. The molecule has 0 amide bonds. The van der Waals surface area contributed by atoms with E-state index < -0.39 is 0 Å². The van der Waals surface area contributed by atoms with Crippen molar-refractivity contribution in [2.75, 3.05) is 19.7 Å².